The molecule has 0 spiro atoms. The molecule has 0 aliphatic heterocycles. The topological polar surface area (TPSA) is 132 Å². The van der Waals surface area contributed by atoms with Crippen LogP contribution in [0, 0.1) is 11.3 Å². The molecule has 4 rings (SSSR count). The average molecular weight is 454 g/mol. The number of fused-ring (bicyclic) bond motifs is 1. The molecule has 0 unspecified atom stereocenters. The Morgan fingerprint density at radius 1 is 1.00 bits per heavy atom. The van der Waals surface area contributed by atoms with E-state index in [9.17, 15) is 10.1 Å². The summed E-state index contributed by atoms with van der Waals surface area (Å²) in [4.78, 5) is 32.2. The molecule has 10 nitrogen and oxygen atoms in total. The summed E-state index contributed by atoms with van der Waals surface area (Å²) >= 11 is 0. The molecule has 0 atom stereocenters. The summed E-state index contributed by atoms with van der Waals surface area (Å²) in [6.45, 7) is 1.45. The number of aromatic nitrogens is 4. The van der Waals surface area contributed by atoms with E-state index in [0.717, 1.165) is 6.54 Å². The molecule has 0 bridgehead atoms. The third-order valence-electron chi connectivity index (χ3n) is 4.85. The predicted octanol–water partition coefficient (Wildman–Crippen LogP) is 3.58. The van der Waals surface area contributed by atoms with Crippen molar-refractivity contribution in [3.63, 3.8) is 0 Å². The molecule has 2 amide bonds. The summed E-state index contributed by atoms with van der Waals surface area (Å²) in [6.07, 6.45) is 3.15. The second-order valence-corrected chi connectivity index (χ2v) is 7.67. The van der Waals surface area contributed by atoms with Crippen LogP contribution < -0.4 is 16.0 Å². The first-order valence-electron chi connectivity index (χ1n) is 10.6. The number of likely N-dealkylation sites (N-methyl/N-ethyl adjacent to an activating group) is 1. The molecule has 2 aromatic heterocycles. The van der Waals surface area contributed by atoms with Crippen molar-refractivity contribution in [1.29, 1.82) is 5.26 Å². The van der Waals surface area contributed by atoms with Gasteiger partial charge in [0.25, 0.3) is 0 Å². The molecule has 2 heterocycles. The van der Waals surface area contributed by atoms with Gasteiger partial charge in [0.2, 0.25) is 0 Å². The number of carbonyl (C=O) groups is 1. The Morgan fingerprint density at radius 2 is 1.76 bits per heavy atom. The summed E-state index contributed by atoms with van der Waals surface area (Å²) < 4.78 is 0. The maximum atomic E-state index is 12.3. The molecule has 0 aliphatic carbocycles. The lowest BCUT2D eigenvalue weighted by atomic mass is 10.1. The monoisotopic (exact) mass is 453 g/mol. The lowest BCUT2D eigenvalue weighted by molar-refractivity contribution is 0.262. The number of carbonyl (C=O) groups excluding carboxylic acids is 1. The van der Waals surface area contributed by atoms with Gasteiger partial charge in [0.05, 0.1) is 11.6 Å². The zero-order valence-corrected chi connectivity index (χ0v) is 18.8. The number of rotatable bonds is 7. The van der Waals surface area contributed by atoms with E-state index in [1.165, 1.54) is 0 Å². The van der Waals surface area contributed by atoms with Crippen LogP contribution in [0.15, 0.2) is 60.9 Å². The lowest BCUT2D eigenvalue weighted by Crippen LogP contribution is -2.21. The fraction of sp³-hybridized carbons (Fsp3) is 0.167. The fourth-order valence-electron chi connectivity index (χ4n) is 3.23. The molecule has 170 valence electrons. The summed E-state index contributed by atoms with van der Waals surface area (Å²) in [5.41, 5.74) is 2.96. The highest BCUT2D eigenvalue weighted by molar-refractivity contribution is 6.00. The first-order chi connectivity index (χ1) is 16.5. The van der Waals surface area contributed by atoms with Crippen LogP contribution in [0.1, 0.15) is 5.56 Å². The molecule has 0 saturated carbocycles. The number of urea groups is 1. The van der Waals surface area contributed by atoms with Crippen molar-refractivity contribution in [3.8, 4) is 17.5 Å². The Labute approximate surface area is 196 Å². The van der Waals surface area contributed by atoms with Gasteiger partial charge in [-0.1, -0.05) is 18.2 Å². The Balaban J connectivity index is 1.61. The Kier molecular flexibility index (Phi) is 6.86. The number of nitrogens with one attached hydrogen (secondary N) is 3. The van der Waals surface area contributed by atoms with Gasteiger partial charge in [-0.2, -0.15) is 5.26 Å². The van der Waals surface area contributed by atoms with Gasteiger partial charge >= 0.3 is 6.03 Å². The van der Waals surface area contributed by atoms with Crippen LogP contribution in [-0.4, -0.2) is 58.1 Å². The number of nitriles is 1. The van der Waals surface area contributed by atoms with Gasteiger partial charge in [-0.25, -0.2) is 24.7 Å². The Morgan fingerprint density at radius 3 is 2.53 bits per heavy atom. The van der Waals surface area contributed by atoms with Crippen molar-refractivity contribution in [2.75, 3.05) is 43.1 Å². The molecule has 34 heavy (non-hydrogen) atoms. The minimum Gasteiger partial charge on any atom is -0.367 e. The highest BCUT2D eigenvalue weighted by atomic mass is 16.2. The van der Waals surface area contributed by atoms with E-state index in [0.29, 0.717) is 51.9 Å². The van der Waals surface area contributed by atoms with E-state index in [4.69, 9.17) is 0 Å². The van der Waals surface area contributed by atoms with Crippen LogP contribution in [0.3, 0.4) is 0 Å². The SMILES string of the molecule is CN(C)CCNc1nc(-c2ccc(NC(=O)Nc3ccccc3)cc2C#N)nc2nccnc12. The van der Waals surface area contributed by atoms with Crippen LogP contribution in [0.25, 0.3) is 22.6 Å². The molecular formula is C24H23N9O. The number of hydrogen-bond donors (Lipinski definition) is 3. The highest BCUT2D eigenvalue weighted by Gasteiger charge is 2.15. The molecular weight excluding hydrogens is 430 g/mol. The van der Waals surface area contributed by atoms with Gasteiger partial charge in [-0.3, -0.25) is 0 Å². The first kappa shape index (κ1) is 22.6. The number of amides is 2. The normalized spacial score (nSPS) is 10.6. The quantitative estimate of drug-likeness (QED) is 0.387. The Hall–Kier alpha value is -4.62. The van der Waals surface area contributed by atoms with E-state index in [1.807, 2.05) is 32.3 Å². The number of hydrogen-bond acceptors (Lipinski definition) is 8. The maximum Gasteiger partial charge on any atom is 0.323 e. The molecule has 10 heteroatoms. The Bertz CT molecular complexity index is 1350. The van der Waals surface area contributed by atoms with Crippen LogP contribution in [-0.2, 0) is 0 Å². The van der Waals surface area contributed by atoms with Crippen LogP contribution in [0.5, 0.6) is 0 Å². The van der Waals surface area contributed by atoms with Crippen molar-refractivity contribution >= 4 is 34.4 Å². The summed E-state index contributed by atoms with van der Waals surface area (Å²) in [5, 5.41) is 18.5. The van der Waals surface area contributed by atoms with E-state index >= 15 is 0 Å². The van der Waals surface area contributed by atoms with Crippen molar-refractivity contribution in [2.24, 2.45) is 0 Å². The summed E-state index contributed by atoms with van der Waals surface area (Å²) in [7, 11) is 3.97. The van der Waals surface area contributed by atoms with Gasteiger partial charge in [0.1, 0.15) is 5.52 Å². The summed E-state index contributed by atoms with van der Waals surface area (Å²) in [5.74, 6) is 0.889. The number of benzene rings is 2. The second-order valence-electron chi connectivity index (χ2n) is 7.67. The van der Waals surface area contributed by atoms with Gasteiger partial charge in [-0.05, 0) is 44.4 Å². The molecule has 0 aliphatic rings. The molecule has 0 saturated heterocycles. The second kappa shape index (κ2) is 10.3. The third-order valence-corrected chi connectivity index (χ3v) is 4.85. The standard InChI is InChI=1S/C24H23N9O/c1-33(2)13-12-28-23-20-22(27-11-10-26-20)31-21(32-23)19-9-8-18(14-16(19)15-25)30-24(34)29-17-6-4-3-5-7-17/h3-11,14H,12-13H2,1-2H3,(H2,29,30,34)(H,27,28,31,32). The van der Waals surface area contributed by atoms with Crippen molar-refractivity contribution in [3.05, 3.63) is 66.5 Å². The smallest absolute Gasteiger partial charge is 0.323 e. The summed E-state index contributed by atoms with van der Waals surface area (Å²) in [6, 6.07) is 15.8. The molecule has 2 aromatic carbocycles. The number of anilines is 3. The lowest BCUT2D eigenvalue weighted by Gasteiger charge is -2.13. The minimum absolute atomic E-state index is 0.319. The third kappa shape index (κ3) is 5.40. The molecule has 4 aromatic rings. The molecule has 0 fully saturated rings. The largest absolute Gasteiger partial charge is 0.367 e. The van der Waals surface area contributed by atoms with E-state index < -0.39 is 6.03 Å². The van der Waals surface area contributed by atoms with Crippen molar-refractivity contribution < 1.29 is 4.79 Å². The van der Waals surface area contributed by atoms with Crippen LogP contribution in [0.4, 0.5) is 22.0 Å². The predicted molar refractivity (Wildman–Crippen MR) is 131 cm³/mol. The van der Waals surface area contributed by atoms with E-state index in [-0.39, 0.29) is 0 Å². The van der Waals surface area contributed by atoms with E-state index in [1.54, 1.807) is 42.7 Å². The van der Waals surface area contributed by atoms with Crippen LogP contribution in [0.2, 0.25) is 0 Å². The maximum absolute atomic E-state index is 12.3. The fourth-order valence-corrected chi connectivity index (χ4v) is 3.23. The zero-order valence-electron chi connectivity index (χ0n) is 18.8. The molecule has 0 radical (unpaired) electrons. The molecule has 3 N–H and O–H groups in total. The van der Waals surface area contributed by atoms with Gasteiger partial charge in [0.15, 0.2) is 17.3 Å². The zero-order chi connectivity index (χ0) is 23.9. The van der Waals surface area contributed by atoms with E-state index in [2.05, 4.69) is 46.9 Å². The van der Waals surface area contributed by atoms with Crippen LogP contribution >= 0.6 is 0 Å². The minimum atomic E-state index is -0.410. The first-order valence-corrected chi connectivity index (χ1v) is 10.6. The van der Waals surface area contributed by atoms with Gasteiger partial charge < -0.3 is 20.9 Å². The number of nitrogens with zero attached hydrogens (tertiary/aromatic N) is 6. The number of para-hydroxylation sites is 1. The highest BCUT2D eigenvalue weighted by Crippen LogP contribution is 2.27. The van der Waals surface area contributed by atoms with Crippen molar-refractivity contribution in [1.82, 2.24) is 24.8 Å². The average Bonchev–Trinajstić information content (AvgIpc) is 2.84. The van der Waals surface area contributed by atoms with Gasteiger partial charge in [-0.15, -0.1) is 0 Å². The van der Waals surface area contributed by atoms with Crippen molar-refractivity contribution in [2.45, 2.75) is 0 Å². The van der Waals surface area contributed by atoms with Gasteiger partial charge in [0, 0.05) is 42.4 Å².